The van der Waals surface area contributed by atoms with E-state index in [1.807, 2.05) is 25.1 Å². The second-order valence-corrected chi connectivity index (χ2v) is 5.59. The zero-order valence-electron chi connectivity index (χ0n) is 13.3. The number of hydrogen-bond donors (Lipinski definition) is 1. The van der Waals surface area contributed by atoms with Gasteiger partial charge in [-0.1, -0.05) is 6.07 Å². The lowest BCUT2D eigenvalue weighted by Crippen LogP contribution is -2.38. The molecule has 6 heteroatoms. The predicted molar refractivity (Wildman–Crippen MR) is 87.1 cm³/mol. The van der Waals surface area contributed by atoms with E-state index < -0.39 is 11.6 Å². The molecule has 0 saturated heterocycles. The van der Waals surface area contributed by atoms with Crippen LogP contribution in [0.3, 0.4) is 0 Å². The first-order chi connectivity index (χ1) is 11.6. The van der Waals surface area contributed by atoms with Gasteiger partial charge in [0, 0.05) is 24.8 Å². The molecule has 0 bridgehead atoms. The quantitative estimate of drug-likeness (QED) is 0.924. The van der Waals surface area contributed by atoms with Gasteiger partial charge in [0.1, 0.15) is 5.75 Å². The van der Waals surface area contributed by atoms with E-state index in [-0.39, 0.29) is 11.7 Å². The molecule has 0 unspecified atom stereocenters. The average Bonchev–Trinajstić information content (AvgIpc) is 2.58. The normalized spacial score (nSPS) is 13.4. The first kappa shape index (κ1) is 16.2. The number of rotatable bonds is 3. The van der Waals surface area contributed by atoms with E-state index in [0.29, 0.717) is 19.7 Å². The predicted octanol–water partition coefficient (Wildman–Crippen LogP) is 3.95. The molecule has 0 saturated carbocycles. The van der Waals surface area contributed by atoms with Gasteiger partial charge in [0.2, 0.25) is 0 Å². The number of amides is 2. The Bertz CT molecular complexity index is 765. The molecule has 2 amide bonds. The van der Waals surface area contributed by atoms with Crippen LogP contribution in [0.5, 0.6) is 5.75 Å². The number of carbonyl (C=O) groups excluding carboxylic acids is 1. The fourth-order valence-electron chi connectivity index (χ4n) is 2.74. The number of carbonyl (C=O) groups is 1. The lowest BCUT2D eigenvalue weighted by molar-refractivity contribution is 0.206. The Morgan fingerprint density at radius 2 is 2.00 bits per heavy atom. The van der Waals surface area contributed by atoms with Crippen LogP contribution in [-0.2, 0) is 13.0 Å². The van der Waals surface area contributed by atoms with Gasteiger partial charge in [-0.15, -0.1) is 0 Å². The minimum atomic E-state index is -0.988. The molecule has 3 rings (SSSR count). The summed E-state index contributed by atoms with van der Waals surface area (Å²) in [5, 5.41) is 2.60. The van der Waals surface area contributed by atoms with Crippen molar-refractivity contribution < 1.29 is 18.3 Å². The molecule has 4 nitrogen and oxygen atoms in total. The van der Waals surface area contributed by atoms with Crippen molar-refractivity contribution in [2.45, 2.75) is 19.9 Å². The average molecular weight is 332 g/mol. The van der Waals surface area contributed by atoms with Gasteiger partial charge in [-0.25, -0.2) is 13.6 Å². The van der Waals surface area contributed by atoms with Crippen LogP contribution < -0.4 is 10.1 Å². The van der Waals surface area contributed by atoms with Crippen molar-refractivity contribution in [3.63, 3.8) is 0 Å². The summed E-state index contributed by atoms with van der Waals surface area (Å²) in [5.41, 5.74) is 2.45. The van der Waals surface area contributed by atoms with Crippen molar-refractivity contribution in [1.29, 1.82) is 0 Å². The van der Waals surface area contributed by atoms with E-state index in [1.165, 1.54) is 11.6 Å². The molecule has 1 N–H and O–H groups in total. The van der Waals surface area contributed by atoms with Crippen LogP contribution in [0.4, 0.5) is 19.3 Å². The smallest absolute Gasteiger partial charge is 0.322 e. The van der Waals surface area contributed by atoms with Gasteiger partial charge in [-0.3, -0.25) is 0 Å². The third-order valence-corrected chi connectivity index (χ3v) is 3.96. The number of urea groups is 1. The van der Waals surface area contributed by atoms with Gasteiger partial charge in [-0.2, -0.15) is 0 Å². The monoisotopic (exact) mass is 332 g/mol. The Balaban J connectivity index is 1.70. The molecule has 0 aliphatic carbocycles. The minimum absolute atomic E-state index is 0.229. The van der Waals surface area contributed by atoms with Gasteiger partial charge in [0.25, 0.3) is 0 Å². The SMILES string of the molecule is CCOc1ccc2c(c1)CN(C(=O)Nc1ccc(F)c(F)c1)CC2. The van der Waals surface area contributed by atoms with E-state index in [0.717, 1.165) is 29.9 Å². The number of ether oxygens (including phenoxy) is 1. The number of anilines is 1. The fraction of sp³-hybridized carbons (Fsp3) is 0.278. The lowest BCUT2D eigenvalue weighted by Gasteiger charge is -2.29. The van der Waals surface area contributed by atoms with Gasteiger partial charge in [-0.05, 0) is 48.7 Å². The molecular formula is C18H18F2N2O2. The van der Waals surface area contributed by atoms with Crippen LogP contribution in [0, 0.1) is 11.6 Å². The summed E-state index contributed by atoms with van der Waals surface area (Å²) >= 11 is 0. The second-order valence-electron chi connectivity index (χ2n) is 5.59. The van der Waals surface area contributed by atoms with Crippen molar-refractivity contribution >= 4 is 11.7 Å². The highest BCUT2D eigenvalue weighted by Crippen LogP contribution is 2.24. The Kier molecular flexibility index (Phi) is 4.64. The van der Waals surface area contributed by atoms with Gasteiger partial charge < -0.3 is 15.0 Å². The Labute approximate surface area is 139 Å². The van der Waals surface area contributed by atoms with E-state index >= 15 is 0 Å². The maximum Gasteiger partial charge on any atom is 0.322 e. The highest BCUT2D eigenvalue weighted by Gasteiger charge is 2.21. The molecule has 1 aliphatic rings. The molecule has 0 atom stereocenters. The van der Waals surface area contributed by atoms with Crippen LogP contribution in [0.25, 0.3) is 0 Å². The van der Waals surface area contributed by atoms with Crippen molar-refractivity contribution in [3.8, 4) is 5.75 Å². The summed E-state index contributed by atoms with van der Waals surface area (Å²) in [5.74, 6) is -1.15. The molecular weight excluding hydrogens is 314 g/mol. The van der Waals surface area contributed by atoms with E-state index in [2.05, 4.69) is 5.32 Å². The summed E-state index contributed by atoms with van der Waals surface area (Å²) in [6.07, 6.45) is 0.743. The summed E-state index contributed by atoms with van der Waals surface area (Å²) in [6, 6.07) is 8.85. The number of halogens is 2. The zero-order chi connectivity index (χ0) is 17.1. The van der Waals surface area contributed by atoms with Gasteiger partial charge in [0.15, 0.2) is 11.6 Å². The fourth-order valence-corrected chi connectivity index (χ4v) is 2.74. The van der Waals surface area contributed by atoms with Crippen LogP contribution in [0.1, 0.15) is 18.1 Å². The topological polar surface area (TPSA) is 41.6 Å². The van der Waals surface area contributed by atoms with Crippen LogP contribution >= 0.6 is 0 Å². The minimum Gasteiger partial charge on any atom is -0.494 e. The van der Waals surface area contributed by atoms with E-state index in [4.69, 9.17) is 4.74 Å². The van der Waals surface area contributed by atoms with Crippen molar-refractivity contribution in [3.05, 3.63) is 59.2 Å². The molecule has 0 spiro atoms. The van der Waals surface area contributed by atoms with E-state index in [1.54, 1.807) is 4.90 Å². The molecule has 2 aromatic carbocycles. The number of nitrogens with one attached hydrogen (secondary N) is 1. The van der Waals surface area contributed by atoms with Crippen molar-refractivity contribution in [1.82, 2.24) is 4.90 Å². The van der Waals surface area contributed by atoms with Crippen LogP contribution in [-0.4, -0.2) is 24.1 Å². The standard InChI is InChI=1S/C18H18F2N2O2/c1-2-24-15-5-3-12-7-8-22(11-13(12)9-15)18(23)21-14-4-6-16(19)17(20)10-14/h3-6,9-10H,2,7-8,11H2,1H3,(H,21,23). The molecule has 2 aromatic rings. The molecule has 126 valence electrons. The Hall–Kier alpha value is -2.63. The first-order valence-electron chi connectivity index (χ1n) is 7.82. The second kappa shape index (κ2) is 6.86. The molecule has 24 heavy (non-hydrogen) atoms. The van der Waals surface area contributed by atoms with Crippen LogP contribution in [0.15, 0.2) is 36.4 Å². The van der Waals surface area contributed by atoms with Crippen molar-refractivity contribution in [2.24, 2.45) is 0 Å². The summed E-state index contributed by atoms with van der Waals surface area (Å²) in [7, 11) is 0. The zero-order valence-corrected chi connectivity index (χ0v) is 13.3. The summed E-state index contributed by atoms with van der Waals surface area (Å²) < 4.78 is 31.7. The largest absolute Gasteiger partial charge is 0.494 e. The molecule has 1 aliphatic heterocycles. The molecule has 0 aromatic heterocycles. The van der Waals surface area contributed by atoms with E-state index in [9.17, 15) is 13.6 Å². The third-order valence-electron chi connectivity index (χ3n) is 3.96. The highest BCUT2D eigenvalue weighted by atomic mass is 19.2. The first-order valence-corrected chi connectivity index (χ1v) is 7.82. The Morgan fingerprint density at radius 3 is 2.75 bits per heavy atom. The maximum atomic E-state index is 13.2. The highest BCUT2D eigenvalue weighted by molar-refractivity contribution is 5.89. The molecule has 1 heterocycles. The number of nitrogens with zero attached hydrogens (tertiary/aromatic N) is 1. The molecule has 0 radical (unpaired) electrons. The van der Waals surface area contributed by atoms with Crippen LogP contribution in [0.2, 0.25) is 0 Å². The number of benzene rings is 2. The van der Waals surface area contributed by atoms with Gasteiger partial charge >= 0.3 is 6.03 Å². The van der Waals surface area contributed by atoms with Gasteiger partial charge in [0.05, 0.1) is 6.61 Å². The number of hydrogen-bond acceptors (Lipinski definition) is 2. The summed E-state index contributed by atoms with van der Waals surface area (Å²) in [4.78, 5) is 14.0. The Morgan fingerprint density at radius 1 is 1.17 bits per heavy atom. The lowest BCUT2D eigenvalue weighted by atomic mass is 10.00. The maximum absolute atomic E-state index is 13.2. The van der Waals surface area contributed by atoms with Crippen molar-refractivity contribution in [2.75, 3.05) is 18.5 Å². The number of fused-ring (bicyclic) bond motifs is 1. The summed E-state index contributed by atoms with van der Waals surface area (Å²) in [6.45, 7) is 3.52. The third kappa shape index (κ3) is 3.48. The molecule has 0 fully saturated rings.